The van der Waals surface area contributed by atoms with E-state index < -0.39 is 27.5 Å². The second kappa shape index (κ2) is 8.53. The first-order chi connectivity index (χ1) is 14.3. The van der Waals surface area contributed by atoms with E-state index in [-0.39, 0.29) is 27.3 Å². The van der Waals surface area contributed by atoms with Crippen molar-refractivity contribution in [3.63, 3.8) is 0 Å². The molecule has 2 heterocycles. The molecule has 1 aliphatic heterocycles. The zero-order chi connectivity index (χ0) is 23.1. The predicted octanol–water partition coefficient (Wildman–Crippen LogP) is 4.15. The highest BCUT2D eigenvalue weighted by Crippen LogP contribution is 2.35. The SMILES string of the molecule is CC(C)[C@@H]1CN(c2ccc(F)c(S(C)(=O)=O)c2)CCN1c1ncc(Br)c(C(F)(F)F)n1. The molecule has 1 saturated heterocycles. The van der Waals surface area contributed by atoms with E-state index >= 15 is 0 Å². The number of alkyl halides is 3. The molecule has 6 nitrogen and oxygen atoms in total. The fourth-order valence-electron chi connectivity index (χ4n) is 3.53. The van der Waals surface area contributed by atoms with Gasteiger partial charge in [0.05, 0.1) is 10.5 Å². The van der Waals surface area contributed by atoms with Crippen LogP contribution in [-0.4, -0.2) is 50.3 Å². The maximum atomic E-state index is 14.0. The predicted molar refractivity (Wildman–Crippen MR) is 112 cm³/mol. The molecule has 0 spiro atoms. The van der Waals surface area contributed by atoms with Crippen LogP contribution in [0.2, 0.25) is 0 Å². The van der Waals surface area contributed by atoms with E-state index in [1.165, 1.54) is 12.1 Å². The van der Waals surface area contributed by atoms with Crippen LogP contribution >= 0.6 is 15.9 Å². The Bertz CT molecular complexity index is 1080. The molecule has 0 amide bonds. The van der Waals surface area contributed by atoms with Crippen molar-refractivity contribution in [2.75, 3.05) is 35.7 Å². The highest BCUT2D eigenvalue weighted by Gasteiger charge is 2.38. The molecular formula is C19H21BrF4N4O2S. The first-order valence-electron chi connectivity index (χ1n) is 9.40. The first-order valence-corrected chi connectivity index (χ1v) is 12.1. The van der Waals surface area contributed by atoms with Gasteiger partial charge >= 0.3 is 6.18 Å². The van der Waals surface area contributed by atoms with Crippen LogP contribution in [0.25, 0.3) is 0 Å². The highest BCUT2D eigenvalue weighted by molar-refractivity contribution is 9.10. The number of piperazine rings is 1. The van der Waals surface area contributed by atoms with Gasteiger partial charge in [-0.2, -0.15) is 13.2 Å². The third-order valence-corrected chi connectivity index (χ3v) is 6.82. The molecule has 1 atom stereocenters. The second-order valence-electron chi connectivity index (χ2n) is 7.70. The van der Waals surface area contributed by atoms with Crippen molar-refractivity contribution in [3.8, 4) is 0 Å². The molecule has 1 aromatic carbocycles. The van der Waals surface area contributed by atoms with Gasteiger partial charge in [-0.1, -0.05) is 13.8 Å². The zero-order valence-corrected chi connectivity index (χ0v) is 19.4. The van der Waals surface area contributed by atoms with E-state index in [4.69, 9.17) is 0 Å². The van der Waals surface area contributed by atoms with Gasteiger partial charge in [-0.3, -0.25) is 0 Å². The van der Waals surface area contributed by atoms with Gasteiger partial charge < -0.3 is 9.80 Å². The first kappa shape index (κ1) is 23.7. The van der Waals surface area contributed by atoms with Gasteiger partial charge in [-0.25, -0.2) is 22.8 Å². The Hall–Kier alpha value is -1.95. The summed E-state index contributed by atoms with van der Waals surface area (Å²) >= 11 is 2.85. The monoisotopic (exact) mass is 524 g/mol. The lowest BCUT2D eigenvalue weighted by molar-refractivity contribution is -0.141. The summed E-state index contributed by atoms with van der Waals surface area (Å²) in [5, 5.41) is 0. The van der Waals surface area contributed by atoms with Crippen molar-refractivity contribution in [2.45, 2.75) is 31.0 Å². The summed E-state index contributed by atoms with van der Waals surface area (Å²) in [6, 6.07) is 3.64. The number of halogens is 5. The van der Waals surface area contributed by atoms with Crippen LogP contribution < -0.4 is 9.80 Å². The summed E-state index contributed by atoms with van der Waals surface area (Å²) in [6.45, 7) is 4.92. The Morgan fingerprint density at radius 2 is 1.90 bits per heavy atom. The Morgan fingerprint density at radius 3 is 2.48 bits per heavy atom. The topological polar surface area (TPSA) is 66.4 Å². The maximum absolute atomic E-state index is 14.0. The lowest BCUT2D eigenvalue weighted by Gasteiger charge is -2.44. The van der Waals surface area contributed by atoms with Gasteiger partial charge in [-0.05, 0) is 40.0 Å². The number of sulfone groups is 1. The van der Waals surface area contributed by atoms with Crippen molar-refractivity contribution in [3.05, 3.63) is 40.4 Å². The number of aromatic nitrogens is 2. The molecule has 0 bridgehead atoms. The molecule has 0 aliphatic carbocycles. The number of hydrogen-bond acceptors (Lipinski definition) is 6. The standard InChI is InChI=1S/C19H21BrF4N4O2S/c1-11(2)15-10-27(12-4-5-14(21)16(8-12)31(3,29)30)6-7-28(15)18-25-9-13(20)17(26-18)19(22,23)24/h4-5,8-9,11,15H,6-7,10H2,1-3H3/t15-/m0/s1. The molecule has 1 aliphatic rings. The Morgan fingerprint density at radius 1 is 1.23 bits per heavy atom. The Balaban J connectivity index is 1.93. The minimum Gasteiger partial charge on any atom is -0.368 e. The number of hydrogen-bond donors (Lipinski definition) is 0. The number of rotatable bonds is 4. The highest BCUT2D eigenvalue weighted by atomic mass is 79.9. The second-order valence-corrected chi connectivity index (χ2v) is 10.5. The summed E-state index contributed by atoms with van der Waals surface area (Å²) in [5.74, 6) is -0.822. The summed E-state index contributed by atoms with van der Waals surface area (Å²) in [6.07, 6.45) is -2.59. The van der Waals surface area contributed by atoms with Gasteiger partial charge in [0.1, 0.15) is 10.7 Å². The number of nitrogens with zero attached hydrogens (tertiary/aromatic N) is 4. The smallest absolute Gasteiger partial charge is 0.368 e. The van der Waals surface area contributed by atoms with E-state index in [2.05, 4.69) is 25.9 Å². The molecule has 12 heteroatoms. The average molecular weight is 525 g/mol. The Kier molecular flexibility index (Phi) is 6.52. The van der Waals surface area contributed by atoms with E-state index in [0.717, 1.165) is 18.5 Å². The fraction of sp³-hybridized carbons (Fsp3) is 0.474. The molecule has 0 unspecified atom stereocenters. The Labute approximate surface area is 186 Å². The lowest BCUT2D eigenvalue weighted by atomic mass is 9.99. The van der Waals surface area contributed by atoms with Crippen LogP contribution in [0.1, 0.15) is 19.5 Å². The number of benzene rings is 1. The van der Waals surface area contributed by atoms with Crippen molar-refractivity contribution >= 4 is 37.4 Å². The minimum atomic E-state index is -4.62. The molecule has 31 heavy (non-hydrogen) atoms. The molecule has 1 fully saturated rings. The summed E-state index contributed by atoms with van der Waals surface area (Å²) in [7, 11) is -3.74. The van der Waals surface area contributed by atoms with Crippen LogP contribution in [-0.2, 0) is 16.0 Å². The number of anilines is 2. The fourth-order valence-corrected chi connectivity index (χ4v) is 4.70. The van der Waals surface area contributed by atoms with Crippen molar-refractivity contribution in [1.29, 1.82) is 0 Å². The van der Waals surface area contributed by atoms with Crippen LogP contribution in [0.5, 0.6) is 0 Å². The normalized spacial score (nSPS) is 18.0. The van der Waals surface area contributed by atoms with E-state index in [0.29, 0.717) is 25.3 Å². The third kappa shape index (κ3) is 5.11. The zero-order valence-electron chi connectivity index (χ0n) is 17.0. The van der Waals surface area contributed by atoms with Gasteiger partial charge in [0, 0.05) is 37.8 Å². The van der Waals surface area contributed by atoms with Crippen molar-refractivity contribution in [1.82, 2.24) is 9.97 Å². The summed E-state index contributed by atoms with van der Waals surface area (Å²) in [5.41, 5.74) is -0.515. The molecule has 0 saturated carbocycles. The van der Waals surface area contributed by atoms with Gasteiger partial charge in [0.2, 0.25) is 5.95 Å². The molecule has 0 N–H and O–H groups in total. The average Bonchev–Trinajstić information content (AvgIpc) is 2.66. The van der Waals surface area contributed by atoms with Crippen molar-refractivity contribution in [2.24, 2.45) is 5.92 Å². The lowest BCUT2D eigenvalue weighted by Crippen LogP contribution is -2.56. The molecular weight excluding hydrogens is 504 g/mol. The molecule has 0 radical (unpaired) electrons. The molecule has 1 aromatic heterocycles. The third-order valence-electron chi connectivity index (χ3n) is 5.12. The summed E-state index contributed by atoms with van der Waals surface area (Å²) < 4.78 is 77.3. The van der Waals surface area contributed by atoms with Gasteiger partial charge in [0.25, 0.3) is 0 Å². The van der Waals surface area contributed by atoms with Crippen LogP contribution in [0, 0.1) is 11.7 Å². The largest absolute Gasteiger partial charge is 0.434 e. The molecule has 2 aromatic rings. The van der Waals surface area contributed by atoms with Crippen LogP contribution in [0.15, 0.2) is 33.8 Å². The van der Waals surface area contributed by atoms with Gasteiger partial charge in [-0.15, -0.1) is 0 Å². The molecule has 170 valence electrons. The maximum Gasteiger partial charge on any atom is 0.434 e. The van der Waals surface area contributed by atoms with Gasteiger partial charge in [0.15, 0.2) is 15.5 Å². The molecule has 3 rings (SSSR count). The quantitative estimate of drug-likeness (QED) is 0.559. The van der Waals surface area contributed by atoms with E-state index in [1.807, 2.05) is 18.7 Å². The van der Waals surface area contributed by atoms with E-state index in [9.17, 15) is 26.0 Å². The minimum absolute atomic E-state index is 0.0233. The van der Waals surface area contributed by atoms with Crippen molar-refractivity contribution < 1.29 is 26.0 Å². The van der Waals surface area contributed by atoms with Crippen LogP contribution in [0.3, 0.4) is 0 Å². The van der Waals surface area contributed by atoms with E-state index in [1.54, 1.807) is 4.90 Å². The summed E-state index contributed by atoms with van der Waals surface area (Å²) in [4.78, 5) is 11.1. The van der Waals surface area contributed by atoms with Crippen LogP contribution in [0.4, 0.5) is 29.2 Å².